The van der Waals surface area contributed by atoms with E-state index in [0.717, 1.165) is 24.1 Å². The number of pyridine rings is 1. The number of carbonyl (C=O) groups is 2. The molecule has 4 atom stereocenters. The second-order valence-electron chi connectivity index (χ2n) is 8.05. The molecule has 1 amide bonds. The van der Waals surface area contributed by atoms with Crippen LogP contribution in [-0.2, 0) is 14.3 Å². The van der Waals surface area contributed by atoms with Crippen molar-refractivity contribution < 1.29 is 14.3 Å². The van der Waals surface area contributed by atoms with Crippen LogP contribution < -0.4 is 4.90 Å². The normalized spacial score (nSPS) is 28.3. The lowest BCUT2D eigenvalue weighted by molar-refractivity contribution is -0.131. The number of fused-ring (bicyclic) bond motifs is 1. The first-order chi connectivity index (χ1) is 14.4. The van der Waals surface area contributed by atoms with Crippen molar-refractivity contribution in [3.63, 3.8) is 0 Å². The lowest BCUT2D eigenvalue weighted by Crippen LogP contribution is -2.41. The van der Waals surface area contributed by atoms with Crippen LogP contribution in [0.2, 0.25) is 5.02 Å². The van der Waals surface area contributed by atoms with E-state index in [1.165, 1.54) is 0 Å². The van der Waals surface area contributed by atoms with Gasteiger partial charge in [-0.1, -0.05) is 45.7 Å². The molecule has 7 heteroatoms. The van der Waals surface area contributed by atoms with E-state index in [9.17, 15) is 9.59 Å². The summed E-state index contributed by atoms with van der Waals surface area (Å²) in [7, 11) is 0. The highest BCUT2D eigenvalue weighted by Crippen LogP contribution is 2.48. The monoisotopic (exact) mass is 486 g/mol. The van der Waals surface area contributed by atoms with Gasteiger partial charge in [0.05, 0.1) is 17.5 Å². The van der Waals surface area contributed by atoms with Gasteiger partial charge in [0.2, 0.25) is 0 Å². The van der Waals surface area contributed by atoms with E-state index >= 15 is 0 Å². The number of ether oxygens (including phenoxy) is 1. The van der Waals surface area contributed by atoms with Gasteiger partial charge < -0.3 is 4.74 Å². The van der Waals surface area contributed by atoms with Crippen molar-refractivity contribution in [2.24, 2.45) is 5.92 Å². The van der Waals surface area contributed by atoms with Gasteiger partial charge in [0.1, 0.15) is 11.9 Å². The average molecular weight is 488 g/mol. The lowest BCUT2D eigenvalue weighted by Gasteiger charge is -2.37. The lowest BCUT2D eigenvalue weighted by atomic mass is 9.77. The minimum atomic E-state index is -0.607. The standard InChI is InChI=1S/C23H20BrClN2O3/c1-12-4-2-7-18(26-12)27-20(13-5-3-6-15(25)10-13)19-21(28)16-11-14(24)8-9-17(16)30-22(19)23(27)29/h2-7,10,14,16-17,20H,8-9,11H2,1H3. The Morgan fingerprint density at radius 1 is 1.17 bits per heavy atom. The minimum absolute atomic E-state index is 0.00104. The summed E-state index contributed by atoms with van der Waals surface area (Å²) in [6.07, 6.45) is 2.13. The van der Waals surface area contributed by atoms with Crippen molar-refractivity contribution in [3.8, 4) is 0 Å². The summed E-state index contributed by atoms with van der Waals surface area (Å²) in [5, 5.41) is 0.548. The molecule has 1 aromatic heterocycles. The Balaban J connectivity index is 1.66. The summed E-state index contributed by atoms with van der Waals surface area (Å²) in [6, 6.07) is 12.2. The van der Waals surface area contributed by atoms with Crippen molar-refractivity contribution >= 4 is 45.0 Å². The Morgan fingerprint density at radius 2 is 1.97 bits per heavy atom. The molecule has 0 N–H and O–H groups in total. The van der Waals surface area contributed by atoms with Gasteiger partial charge in [0, 0.05) is 15.5 Å². The largest absolute Gasteiger partial charge is 0.483 e. The Bertz CT molecular complexity index is 1090. The van der Waals surface area contributed by atoms with Crippen LogP contribution >= 0.6 is 27.5 Å². The smallest absolute Gasteiger partial charge is 0.295 e. The van der Waals surface area contributed by atoms with Crippen molar-refractivity contribution in [1.82, 2.24) is 4.98 Å². The molecule has 3 heterocycles. The van der Waals surface area contributed by atoms with Gasteiger partial charge in [-0.2, -0.15) is 0 Å². The number of nitrogens with zero attached hydrogens (tertiary/aromatic N) is 2. The Morgan fingerprint density at radius 3 is 2.73 bits per heavy atom. The second-order valence-corrected chi connectivity index (χ2v) is 9.78. The summed E-state index contributed by atoms with van der Waals surface area (Å²) >= 11 is 9.92. The number of Topliss-reactive ketones (excluding diaryl/α,β-unsaturated/α-hetero) is 1. The number of halogens is 2. The van der Waals surface area contributed by atoms with Crippen LogP contribution in [0.4, 0.5) is 5.82 Å². The number of aromatic nitrogens is 1. The molecule has 1 saturated carbocycles. The van der Waals surface area contributed by atoms with Crippen molar-refractivity contribution in [1.29, 1.82) is 0 Å². The molecule has 0 spiro atoms. The quantitative estimate of drug-likeness (QED) is 0.564. The molecule has 30 heavy (non-hydrogen) atoms. The van der Waals surface area contributed by atoms with E-state index < -0.39 is 6.04 Å². The summed E-state index contributed by atoms with van der Waals surface area (Å²) < 4.78 is 6.20. The molecule has 154 valence electrons. The van der Waals surface area contributed by atoms with E-state index in [1.807, 2.05) is 31.2 Å². The van der Waals surface area contributed by atoms with E-state index in [-0.39, 0.29) is 34.3 Å². The maximum Gasteiger partial charge on any atom is 0.295 e. The van der Waals surface area contributed by atoms with Crippen LogP contribution in [0, 0.1) is 12.8 Å². The molecule has 2 aromatic rings. The Kier molecular flexibility index (Phi) is 4.94. The molecule has 1 aliphatic carbocycles. The second kappa shape index (κ2) is 7.50. The molecule has 1 fully saturated rings. The molecule has 5 rings (SSSR count). The summed E-state index contributed by atoms with van der Waals surface area (Å²) in [6.45, 7) is 1.87. The van der Waals surface area contributed by atoms with Crippen molar-refractivity contribution in [2.45, 2.75) is 43.2 Å². The molecule has 4 unspecified atom stereocenters. The van der Waals surface area contributed by atoms with E-state index in [1.54, 1.807) is 23.1 Å². The first-order valence-electron chi connectivity index (χ1n) is 10.1. The predicted octanol–water partition coefficient (Wildman–Crippen LogP) is 4.92. The maximum atomic E-state index is 13.7. The van der Waals surface area contributed by atoms with Gasteiger partial charge in [-0.3, -0.25) is 14.5 Å². The van der Waals surface area contributed by atoms with E-state index in [2.05, 4.69) is 20.9 Å². The number of anilines is 1. The number of hydrogen-bond acceptors (Lipinski definition) is 4. The topological polar surface area (TPSA) is 59.5 Å². The molecule has 0 saturated heterocycles. The van der Waals surface area contributed by atoms with Gasteiger partial charge >= 0.3 is 0 Å². The number of benzene rings is 1. The number of aryl methyl sites for hydroxylation is 1. The third kappa shape index (κ3) is 3.17. The molecular weight excluding hydrogens is 468 g/mol. The van der Waals surface area contributed by atoms with Crippen LogP contribution in [0.3, 0.4) is 0 Å². The number of rotatable bonds is 2. The van der Waals surface area contributed by atoms with Gasteiger partial charge in [0.25, 0.3) is 5.91 Å². The fourth-order valence-corrected chi connectivity index (χ4v) is 5.57. The van der Waals surface area contributed by atoms with Crippen LogP contribution in [-0.4, -0.2) is 27.6 Å². The summed E-state index contributed by atoms with van der Waals surface area (Å²) in [4.78, 5) is 33.6. The third-order valence-electron chi connectivity index (χ3n) is 6.07. The summed E-state index contributed by atoms with van der Waals surface area (Å²) in [5.41, 5.74) is 1.98. The predicted molar refractivity (Wildman–Crippen MR) is 118 cm³/mol. The minimum Gasteiger partial charge on any atom is -0.483 e. The third-order valence-corrected chi connectivity index (χ3v) is 7.14. The van der Waals surface area contributed by atoms with Gasteiger partial charge in [-0.25, -0.2) is 4.98 Å². The highest BCUT2D eigenvalue weighted by molar-refractivity contribution is 9.09. The van der Waals surface area contributed by atoms with Gasteiger partial charge in [-0.05, 0) is 56.0 Å². The van der Waals surface area contributed by atoms with Crippen LogP contribution in [0.15, 0.2) is 53.8 Å². The molecule has 0 radical (unpaired) electrons. The van der Waals surface area contributed by atoms with Crippen LogP contribution in [0.1, 0.15) is 36.6 Å². The van der Waals surface area contributed by atoms with Gasteiger partial charge in [-0.15, -0.1) is 0 Å². The van der Waals surface area contributed by atoms with E-state index in [4.69, 9.17) is 16.3 Å². The fourth-order valence-electron chi connectivity index (χ4n) is 4.71. The first kappa shape index (κ1) is 19.8. The Labute approximate surface area is 188 Å². The maximum absolute atomic E-state index is 13.7. The fraction of sp³-hybridized carbons (Fsp3) is 0.348. The molecule has 2 aliphatic heterocycles. The molecule has 0 bridgehead atoms. The zero-order valence-electron chi connectivity index (χ0n) is 16.3. The first-order valence-corrected chi connectivity index (χ1v) is 11.3. The highest BCUT2D eigenvalue weighted by Gasteiger charge is 2.53. The van der Waals surface area contributed by atoms with Crippen molar-refractivity contribution in [2.75, 3.05) is 4.90 Å². The van der Waals surface area contributed by atoms with Crippen molar-refractivity contribution in [3.05, 3.63) is 70.1 Å². The zero-order valence-corrected chi connectivity index (χ0v) is 18.7. The Hall–Kier alpha value is -2.18. The summed E-state index contributed by atoms with van der Waals surface area (Å²) in [5.74, 6) is 0.0983. The zero-order chi connectivity index (χ0) is 21.0. The number of carbonyl (C=O) groups excluding carboxylic acids is 2. The average Bonchev–Trinajstić information content (AvgIpc) is 3.01. The number of alkyl halides is 1. The molecule has 5 nitrogen and oxygen atoms in total. The van der Waals surface area contributed by atoms with E-state index in [0.29, 0.717) is 22.8 Å². The highest BCUT2D eigenvalue weighted by atomic mass is 79.9. The molecule has 1 aromatic carbocycles. The number of amides is 1. The number of hydrogen-bond donors (Lipinski definition) is 0. The number of ketones is 1. The molecule has 3 aliphatic rings. The SMILES string of the molecule is Cc1cccc(N2C(=O)C3=C(C(=O)C4CC(Br)CCC4O3)C2c2cccc(Cl)c2)n1. The van der Waals surface area contributed by atoms with Crippen LogP contribution in [0.25, 0.3) is 0 Å². The molecular formula is C23H20BrClN2O3. The van der Waals surface area contributed by atoms with Crippen LogP contribution in [0.5, 0.6) is 0 Å². The van der Waals surface area contributed by atoms with Gasteiger partial charge in [0.15, 0.2) is 11.5 Å².